The van der Waals surface area contributed by atoms with E-state index in [9.17, 15) is 24.8 Å². The molecule has 0 radical (unpaired) electrons. The number of aliphatic hydroxyl groups is 1. The maximum atomic E-state index is 12.5. The van der Waals surface area contributed by atoms with Crippen molar-refractivity contribution < 1.29 is 19.5 Å². The molecule has 2 rings (SSSR count). The van der Waals surface area contributed by atoms with E-state index in [4.69, 9.17) is 0 Å². The second kappa shape index (κ2) is 7.87. The number of rotatable bonds is 5. The summed E-state index contributed by atoms with van der Waals surface area (Å²) in [6, 6.07) is 2.15. The lowest BCUT2D eigenvalue weighted by atomic mass is 9.75. The summed E-state index contributed by atoms with van der Waals surface area (Å²) in [6.07, 6.45) is 0.632. The van der Waals surface area contributed by atoms with Crippen LogP contribution in [-0.2, 0) is 16.0 Å². The fourth-order valence-corrected chi connectivity index (χ4v) is 4.37. The Morgan fingerprint density at radius 1 is 1.15 bits per heavy atom. The number of aliphatic hydroxyl groups excluding tert-OH is 1. The van der Waals surface area contributed by atoms with E-state index in [2.05, 4.69) is 6.07 Å². The first-order chi connectivity index (χ1) is 12.6. The fraction of sp³-hybridized carbons (Fsp3) is 0.455. The normalized spacial score (nSPS) is 17.0. The molecule has 1 aliphatic rings. The van der Waals surface area contributed by atoms with E-state index in [0.717, 1.165) is 27.8 Å². The second-order valence-electron chi connectivity index (χ2n) is 7.16. The summed E-state index contributed by atoms with van der Waals surface area (Å²) in [7, 11) is 0. The van der Waals surface area contributed by atoms with Crippen molar-refractivity contribution in [1.82, 2.24) is 0 Å². The van der Waals surface area contributed by atoms with Gasteiger partial charge in [0.05, 0.1) is 18.1 Å². The minimum atomic E-state index is -0.360. The van der Waals surface area contributed by atoms with E-state index in [0.29, 0.717) is 5.56 Å². The topological polar surface area (TPSA) is 95.2 Å². The molecule has 1 aromatic rings. The predicted molar refractivity (Wildman–Crippen MR) is 102 cm³/mol. The number of carbonyl (C=O) groups excluding carboxylic acids is 3. The van der Waals surface area contributed by atoms with Gasteiger partial charge in [0.1, 0.15) is 5.76 Å². The molecule has 1 aromatic carbocycles. The molecule has 0 bridgehead atoms. The van der Waals surface area contributed by atoms with Crippen LogP contribution in [0.25, 0.3) is 0 Å². The summed E-state index contributed by atoms with van der Waals surface area (Å²) in [5.74, 6) is -1.28. The van der Waals surface area contributed by atoms with Crippen LogP contribution >= 0.6 is 0 Å². The number of nitrogens with zero attached hydrogens (tertiary/aromatic N) is 1. The molecule has 0 amide bonds. The van der Waals surface area contributed by atoms with Gasteiger partial charge in [0.2, 0.25) is 0 Å². The van der Waals surface area contributed by atoms with Crippen molar-refractivity contribution in [2.75, 3.05) is 0 Å². The van der Waals surface area contributed by atoms with Crippen LogP contribution in [0.4, 0.5) is 0 Å². The molecular formula is C22H25NO4. The molecule has 0 spiro atoms. The first kappa shape index (κ1) is 20.6. The Balaban J connectivity index is 2.68. The van der Waals surface area contributed by atoms with Crippen molar-refractivity contribution in [2.24, 2.45) is 0 Å². The molecule has 0 fully saturated rings. The lowest BCUT2D eigenvalue weighted by Gasteiger charge is -2.29. The zero-order valence-electron chi connectivity index (χ0n) is 16.5. The van der Waals surface area contributed by atoms with Crippen LogP contribution in [0.1, 0.15) is 77.2 Å². The van der Waals surface area contributed by atoms with E-state index >= 15 is 0 Å². The van der Waals surface area contributed by atoms with Crippen molar-refractivity contribution in [3.63, 3.8) is 0 Å². The molecule has 5 nitrogen and oxygen atoms in total. The van der Waals surface area contributed by atoms with Gasteiger partial charge in [-0.1, -0.05) is 6.92 Å². The number of hydrogen-bond donors (Lipinski definition) is 1. The average molecular weight is 367 g/mol. The maximum Gasteiger partial charge on any atom is 0.170 e. The summed E-state index contributed by atoms with van der Waals surface area (Å²) >= 11 is 0. The van der Waals surface area contributed by atoms with Crippen molar-refractivity contribution >= 4 is 17.3 Å². The SMILES string of the molecule is CCC(=O)C1=C(O)CC(c2c(C)c(CC#N)c(C)c(C(C)=O)c2C)CC1=O. The molecule has 1 unspecified atom stereocenters. The molecule has 5 heteroatoms. The highest BCUT2D eigenvalue weighted by molar-refractivity contribution is 6.21. The third-order valence-corrected chi connectivity index (χ3v) is 5.52. The third kappa shape index (κ3) is 3.57. The first-order valence-electron chi connectivity index (χ1n) is 9.14. The van der Waals surface area contributed by atoms with Crippen molar-refractivity contribution in [3.8, 4) is 6.07 Å². The minimum Gasteiger partial charge on any atom is -0.511 e. The quantitative estimate of drug-likeness (QED) is 0.624. The Labute approximate surface area is 159 Å². The lowest BCUT2D eigenvalue weighted by Crippen LogP contribution is -2.25. The third-order valence-electron chi connectivity index (χ3n) is 5.52. The molecule has 0 saturated heterocycles. The largest absolute Gasteiger partial charge is 0.511 e. The highest BCUT2D eigenvalue weighted by Gasteiger charge is 2.34. The van der Waals surface area contributed by atoms with Crippen LogP contribution in [-0.4, -0.2) is 22.5 Å². The van der Waals surface area contributed by atoms with Gasteiger partial charge in [0.25, 0.3) is 0 Å². The summed E-state index contributed by atoms with van der Waals surface area (Å²) < 4.78 is 0. The molecule has 27 heavy (non-hydrogen) atoms. The van der Waals surface area contributed by atoms with Gasteiger partial charge in [-0.3, -0.25) is 14.4 Å². The van der Waals surface area contributed by atoms with Crippen LogP contribution in [0.2, 0.25) is 0 Å². The van der Waals surface area contributed by atoms with Crippen LogP contribution in [0, 0.1) is 32.1 Å². The van der Waals surface area contributed by atoms with Crippen LogP contribution in [0.3, 0.4) is 0 Å². The van der Waals surface area contributed by atoms with Gasteiger partial charge in [-0.15, -0.1) is 0 Å². The monoisotopic (exact) mass is 367 g/mol. The number of carbonyl (C=O) groups is 3. The van der Waals surface area contributed by atoms with Crippen molar-refractivity contribution in [2.45, 2.75) is 66.2 Å². The summed E-state index contributed by atoms with van der Waals surface area (Å²) in [4.78, 5) is 36.8. The second-order valence-corrected chi connectivity index (χ2v) is 7.16. The van der Waals surface area contributed by atoms with Crippen LogP contribution < -0.4 is 0 Å². The van der Waals surface area contributed by atoms with Crippen LogP contribution in [0.15, 0.2) is 11.3 Å². The zero-order chi connectivity index (χ0) is 20.5. The first-order valence-corrected chi connectivity index (χ1v) is 9.14. The smallest absolute Gasteiger partial charge is 0.170 e. The van der Waals surface area contributed by atoms with E-state index in [1.807, 2.05) is 20.8 Å². The molecule has 1 aliphatic carbocycles. The zero-order valence-corrected chi connectivity index (χ0v) is 16.5. The Morgan fingerprint density at radius 3 is 2.26 bits per heavy atom. The van der Waals surface area contributed by atoms with Crippen molar-refractivity contribution in [3.05, 3.63) is 44.7 Å². The average Bonchev–Trinajstić information content (AvgIpc) is 2.57. The maximum absolute atomic E-state index is 12.5. The molecular weight excluding hydrogens is 342 g/mol. The van der Waals surface area contributed by atoms with Gasteiger partial charge in [0, 0.05) is 24.8 Å². The highest BCUT2D eigenvalue weighted by Crippen LogP contribution is 2.40. The fourth-order valence-electron chi connectivity index (χ4n) is 4.37. The molecule has 0 aliphatic heterocycles. The Hall–Kier alpha value is -2.74. The molecule has 1 atom stereocenters. The number of Topliss-reactive ketones (excluding diaryl/α,β-unsaturated/α-hetero) is 3. The Bertz CT molecular complexity index is 915. The van der Waals surface area contributed by atoms with Gasteiger partial charge in [-0.05, 0) is 61.4 Å². The Kier molecular flexibility index (Phi) is 6.00. The molecule has 142 valence electrons. The van der Waals surface area contributed by atoms with Gasteiger partial charge in [0.15, 0.2) is 17.3 Å². The standard InChI is InChI=1S/C22H25NO4/c1-6-17(25)22-18(26)9-15(10-19(22)27)21-12(3)16(7-8-23)11(2)20(13(21)4)14(5)24/h15,26H,6-7,9-10H2,1-5H3. The highest BCUT2D eigenvalue weighted by atomic mass is 16.3. The minimum absolute atomic E-state index is 0.0831. The molecule has 1 N–H and O–H groups in total. The van der Waals surface area contributed by atoms with E-state index < -0.39 is 0 Å². The number of hydrogen-bond acceptors (Lipinski definition) is 5. The van der Waals surface area contributed by atoms with E-state index in [1.54, 1.807) is 6.92 Å². The molecule has 0 heterocycles. The van der Waals surface area contributed by atoms with E-state index in [1.165, 1.54) is 6.92 Å². The molecule has 0 aromatic heterocycles. The molecule has 0 saturated carbocycles. The van der Waals surface area contributed by atoms with E-state index in [-0.39, 0.29) is 60.3 Å². The lowest BCUT2D eigenvalue weighted by molar-refractivity contribution is -0.122. The van der Waals surface area contributed by atoms with Crippen molar-refractivity contribution in [1.29, 1.82) is 5.26 Å². The van der Waals surface area contributed by atoms with Gasteiger partial charge in [-0.2, -0.15) is 5.26 Å². The number of ketones is 3. The van der Waals surface area contributed by atoms with Gasteiger partial charge in [-0.25, -0.2) is 0 Å². The Morgan fingerprint density at radius 2 is 1.78 bits per heavy atom. The summed E-state index contributed by atoms with van der Waals surface area (Å²) in [6.45, 7) is 8.73. The number of nitriles is 1. The van der Waals surface area contributed by atoms with Gasteiger partial charge < -0.3 is 5.11 Å². The van der Waals surface area contributed by atoms with Gasteiger partial charge >= 0.3 is 0 Å². The number of benzene rings is 1. The summed E-state index contributed by atoms with van der Waals surface area (Å²) in [5, 5.41) is 19.6. The number of allylic oxidation sites excluding steroid dienone is 2. The van der Waals surface area contributed by atoms with Crippen LogP contribution in [0.5, 0.6) is 0 Å². The summed E-state index contributed by atoms with van der Waals surface area (Å²) in [5.41, 5.74) is 4.59. The predicted octanol–water partition coefficient (Wildman–Crippen LogP) is 4.12.